The standard InChI is InChI=1S/C12H15F2N3O2/c1-6-3-4-8(13)9(10(6)14)12(18)16-5-7(2)11(15)17-19/h3-4,7,19H,5H2,1-2H3,(H2,15,17)(H,16,18). The monoisotopic (exact) mass is 271 g/mol. The minimum Gasteiger partial charge on any atom is -0.409 e. The molecule has 1 aromatic rings. The highest BCUT2D eigenvalue weighted by Gasteiger charge is 2.19. The fourth-order valence-electron chi connectivity index (χ4n) is 1.40. The zero-order valence-electron chi connectivity index (χ0n) is 10.6. The number of hydrogen-bond donors (Lipinski definition) is 3. The van der Waals surface area contributed by atoms with E-state index in [2.05, 4.69) is 10.5 Å². The second kappa shape index (κ2) is 6.12. The zero-order chi connectivity index (χ0) is 14.6. The normalized spacial score (nSPS) is 13.2. The van der Waals surface area contributed by atoms with Crippen LogP contribution in [0.5, 0.6) is 0 Å². The van der Waals surface area contributed by atoms with Gasteiger partial charge in [0.2, 0.25) is 0 Å². The number of oxime groups is 1. The van der Waals surface area contributed by atoms with E-state index in [1.165, 1.54) is 13.0 Å². The van der Waals surface area contributed by atoms with Crippen LogP contribution in [0.3, 0.4) is 0 Å². The maximum Gasteiger partial charge on any atom is 0.257 e. The number of carbonyl (C=O) groups is 1. The smallest absolute Gasteiger partial charge is 0.257 e. The quantitative estimate of drug-likeness (QED) is 0.334. The number of aryl methyl sites for hydroxylation is 1. The van der Waals surface area contributed by atoms with Crippen molar-refractivity contribution in [3.8, 4) is 0 Å². The fraction of sp³-hybridized carbons (Fsp3) is 0.333. The summed E-state index contributed by atoms with van der Waals surface area (Å²) in [6.45, 7) is 3.03. The molecule has 1 aromatic carbocycles. The number of benzene rings is 1. The molecule has 0 aromatic heterocycles. The maximum atomic E-state index is 13.7. The van der Waals surface area contributed by atoms with E-state index in [1.54, 1.807) is 6.92 Å². The average Bonchev–Trinajstić information content (AvgIpc) is 2.39. The third-order valence-electron chi connectivity index (χ3n) is 2.70. The third-order valence-corrected chi connectivity index (χ3v) is 2.70. The van der Waals surface area contributed by atoms with Crippen molar-refractivity contribution in [2.75, 3.05) is 6.54 Å². The Kier molecular flexibility index (Phi) is 4.80. The minimum atomic E-state index is -0.933. The van der Waals surface area contributed by atoms with Crippen LogP contribution >= 0.6 is 0 Å². The van der Waals surface area contributed by atoms with Gasteiger partial charge in [-0.3, -0.25) is 4.79 Å². The Labute approximate surface area is 109 Å². The topological polar surface area (TPSA) is 87.7 Å². The summed E-state index contributed by atoms with van der Waals surface area (Å²) in [5.41, 5.74) is 4.87. The van der Waals surface area contributed by atoms with Crippen LogP contribution in [-0.2, 0) is 0 Å². The molecule has 104 valence electrons. The van der Waals surface area contributed by atoms with E-state index < -0.39 is 29.0 Å². The summed E-state index contributed by atoms with van der Waals surface area (Å²) in [7, 11) is 0. The van der Waals surface area contributed by atoms with Gasteiger partial charge in [0, 0.05) is 12.5 Å². The Hall–Kier alpha value is -2.18. The van der Waals surface area contributed by atoms with E-state index in [0.29, 0.717) is 0 Å². The first-order valence-corrected chi connectivity index (χ1v) is 5.58. The highest BCUT2D eigenvalue weighted by molar-refractivity contribution is 5.95. The predicted octanol–water partition coefficient (Wildman–Crippen LogP) is 1.39. The second-order valence-electron chi connectivity index (χ2n) is 4.19. The molecule has 0 heterocycles. The molecule has 0 aliphatic carbocycles. The van der Waals surface area contributed by atoms with Gasteiger partial charge in [0.1, 0.15) is 23.0 Å². The number of nitrogens with two attached hydrogens (primary N) is 1. The highest BCUT2D eigenvalue weighted by Crippen LogP contribution is 2.16. The van der Waals surface area contributed by atoms with Gasteiger partial charge < -0.3 is 16.3 Å². The molecule has 7 heteroatoms. The van der Waals surface area contributed by atoms with Crippen molar-refractivity contribution in [1.29, 1.82) is 0 Å². The molecule has 1 unspecified atom stereocenters. The first kappa shape index (κ1) is 14.9. The highest BCUT2D eigenvalue weighted by atomic mass is 19.1. The van der Waals surface area contributed by atoms with Crippen LogP contribution in [0.4, 0.5) is 8.78 Å². The number of rotatable bonds is 4. The first-order valence-electron chi connectivity index (χ1n) is 5.58. The van der Waals surface area contributed by atoms with Crippen molar-refractivity contribution in [2.45, 2.75) is 13.8 Å². The molecule has 0 fully saturated rings. The Morgan fingerprint density at radius 2 is 2.16 bits per heavy atom. The van der Waals surface area contributed by atoms with Gasteiger partial charge in [0.05, 0.1) is 0 Å². The molecule has 4 N–H and O–H groups in total. The summed E-state index contributed by atoms with van der Waals surface area (Å²) in [6.07, 6.45) is 0. The lowest BCUT2D eigenvalue weighted by Crippen LogP contribution is -2.35. The Bertz CT molecular complexity index is 518. The van der Waals surface area contributed by atoms with Crippen LogP contribution in [0.15, 0.2) is 17.3 Å². The molecule has 19 heavy (non-hydrogen) atoms. The molecule has 0 radical (unpaired) electrons. The summed E-state index contributed by atoms with van der Waals surface area (Å²) < 4.78 is 27.1. The van der Waals surface area contributed by atoms with Gasteiger partial charge in [-0.25, -0.2) is 8.78 Å². The molecule has 0 aliphatic heterocycles. The van der Waals surface area contributed by atoms with Gasteiger partial charge >= 0.3 is 0 Å². The number of nitrogens with one attached hydrogen (secondary N) is 1. The van der Waals surface area contributed by atoms with Gasteiger partial charge in [0.25, 0.3) is 5.91 Å². The van der Waals surface area contributed by atoms with Crippen LogP contribution < -0.4 is 11.1 Å². The summed E-state index contributed by atoms with van der Waals surface area (Å²) in [5.74, 6) is -3.24. The molecular formula is C12H15F2N3O2. The lowest BCUT2D eigenvalue weighted by atomic mass is 10.1. The van der Waals surface area contributed by atoms with Crippen LogP contribution in [0.2, 0.25) is 0 Å². The van der Waals surface area contributed by atoms with E-state index in [4.69, 9.17) is 10.9 Å². The van der Waals surface area contributed by atoms with Crippen LogP contribution in [-0.4, -0.2) is 23.5 Å². The molecule has 1 atom stereocenters. The van der Waals surface area contributed by atoms with Crippen LogP contribution in [0.1, 0.15) is 22.8 Å². The molecule has 0 saturated heterocycles. The second-order valence-corrected chi connectivity index (χ2v) is 4.19. The molecular weight excluding hydrogens is 256 g/mol. The molecule has 1 amide bonds. The van der Waals surface area contributed by atoms with E-state index in [9.17, 15) is 13.6 Å². The van der Waals surface area contributed by atoms with Crippen molar-refractivity contribution in [3.05, 3.63) is 34.9 Å². The van der Waals surface area contributed by atoms with E-state index in [0.717, 1.165) is 6.07 Å². The largest absolute Gasteiger partial charge is 0.409 e. The Balaban J connectivity index is 2.83. The molecule has 1 rings (SSSR count). The predicted molar refractivity (Wildman–Crippen MR) is 66.0 cm³/mol. The Morgan fingerprint density at radius 3 is 2.74 bits per heavy atom. The van der Waals surface area contributed by atoms with Crippen LogP contribution in [0, 0.1) is 24.5 Å². The van der Waals surface area contributed by atoms with Crippen molar-refractivity contribution >= 4 is 11.7 Å². The minimum absolute atomic E-state index is 0.00154. The first-order chi connectivity index (χ1) is 8.88. The molecule has 5 nitrogen and oxygen atoms in total. The zero-order valence-corrected chi connectivity index (χ0v) is 10.6. The van der Waals surface area contributed by atoms with Gasteiger partial charge in [-0.05, 0) is 18.6 Å². The van der Waals surface area contributed by atoms with Crippen molar-refractivity contribution in [2.24, 2.45) is 16.8 Å². The number of amides is 1. The molecule has 0 spiro atoms. The van der Waals surface area contributed by atoms with E-state index >= 15 is 0 Å². The maximum absolute atomic E-state index is 13.7. The number of halogens is 2. The van der Waals surface area contributed by atoms with Gasteiger partial charge in [0.15, 0.2) is 0 Å². The van der Waals surface area contributed by atoms with Gasteiger partial charge in [-0.1, -0.05) is 18.1 Å². The lowest BCUT2D eigenvalue weighted by molar-refractivity contribution is 0.0942. The van der Waals surface area contributed by atoms with Crippen molar-refractivity contribution in [1.82, 2.24) is 5.32 Å². The SMILES string of the molecule is Cc1ccc(F)c(C(=O)NCC(C)/C(N)=N/O)c1F. The lowest BCUT2D eigenvalue weighted by Gasteiger charge is -2.12. The Morgan fingerprint density at radius 1 is 1.53 bits per heavy atom. The summed E-state index contributed by atoms with van der Waals surface area (Å²) >= 11 is 0. The molecule has 0 bridgehead atoms. The number of amidine groups is 1. The molecule has 0 saturated carbocycles. The fourth-order valence-corrected chi connectivity index (χ4v) is 1.40. The summed E-state index contributed by atoms with van der Waals surface area (Å²) in [5, 5.41) is 13.6. The van der Waals surface area contributed by atoms with E-state index in [-0.39, 0.29) is 17.9 Å². The van der Waals surface area contributed by atoms with Crippen LogP contribution in [0.25, 0.3) is 0 Å². The van der Waals surface area contributed by atoms with Crippen molar-refractivity contribution in [3.63, 3.8) is 0 Å². The van der Waals surface area contributed by atoms with E-state index in [1.807, 2.05) is 0 Å². The number of carbonyl (C=O) groups excluding carboxylic acids is 1. The summed E-state index contributed by atoms with van der Waals surface area (Å²) in [6, 6.07) is 2.28. The van der Waals surface area contributed by atoms with Crippen molar-refractivity contribution < 1.29 is 18.8 Å². The number of nitrogens with zero attached hydrogens (tertiary/aromatic N) is 1. The average molecular weight is 271 g/mol. The number of hydrogen-bond acceptors (Lipinski definition) is 3. The van der Waals surface area contributed by atoms with Gasteiger partial charge in [-0.15, -0.1) is 0 Å². The van der Waals surface area contributed by atoms with Gasteiger partial charge in [-0.2, -0.15) is 0 Å². The molecule has 0 aliphatic rings. The summed E-state index contributed by atoms with van der Waals surface area (Å²) in [4.78, 5) is 11.7. The third kappa shape index (κ3) is 3.40.